The summed E-state index contributed by atoms with van der Waals surface area (Å²) in [5, 5.41) is 6.32. The summed E-state index contributed by atoms with van der Waals surface area (Å²) in [5.74, 6) is 0.722. The molecule has 1 aliphatic heterocycles. The zero-order chi connectivity index (χ0) is 11.5. The van der Waals surface area contributed by atoms with Gasteiger partial charge in [-0.05, 0) is 30.5 Å². The van der Waals surface area contributed by atoms with E-state index in [1.54, 1.807) is 13.8 Å². The second-order valence-electron chi connectivity index (χ2n) is 4.05. The lowest BCUT2D eigenvalue weighted by Crippen LogP contribution is -2.33. The maximum Gasteiger partial charge on any atom is 0.191 e. The fraction of sp³-hybridized carbons (Fsp3) is 0.417. The lowest BCUT2D eigenvalue weighted by molar-refractivity contribution is 0.608. The molecule has 0 aliphatic carbocycles. The molecule has 1 aliphatic rings. The molecule has 16 heavy (non-hydrogen) atoms. The Morgan fingerprint density at radius 1 is 1.38 bits per heavy atom. The van der Waals surface area contributed by atoms with Crippen LogP contribution in [-0.4, -0.2) is 19.0 Å². The van der Waals surface area contributed by atoms with Crippen molar-refractivity contribution in [2.24, 2.45) is 4.99 Å². The Kier molecular flexibility index (Phi) is 3.08. The van der Waals surface area contributed by atoms with Gasteiger partial charge in [-0.25, -0.2) is 4.39 Å². The minimum Gasteiger partial charge on any atom is -0.355 e. The summed E-state index contributed by atoms with van der Waals surface area (Å²) in [6.07, 6.45) is 0. The molecule has 0 aromatic heterocycles. The van der Waals surface area contributed by atoms with E-state index in [9.17, 15) is 4.39 Å². The van der Waals surface area contributed by atoms with Crippen LogP contribution in [0.1, 0.15) is 16.7 Å². The van der Waals surface area contributed by atoms with Crippen LogP contribution in [0.5, 0.6) is 0 Å². The van der Waals surface area contributed by atoms with Crippen molar-refractivity contribution in [3.05, 3.63) is 34.6 Å². The van der Waals surface area contributed by atoms with Crippen LogP contribution in [0.2, 0.25) is 0 Å². The number of guanidine groups is 1. The lowest BCUT2D eigenvalue weighted by Gasteiger charge is -2.09. The van der Waals surface area contributed by atoms with Crippen molar-refractivity contribution in [2.45, 2.75) is 20.4 Å². The third kappa shape index (κ3) is 2.32. The van der Waals surface area contributed by atoms with Crippen LogP contribution in [0.4, 0.5) is 4.39 Å². The fourth-order valence-electron chi connectivity index (χ4n) is 1.84. The average molecular weight is 221 g/mol. The number of aryl methyl sites for hydroxylation is 2. The van der Waals surface area contributed by atoms with E-state index in [0.717, 1.165) is 24.6 Å². The summed E-state index contributed by atoms with van der Waals surface area (Å²) < 4.78 is 13.4. The third-order valence-electron chi connectivity index (χ3n) is 2.63. The first-order valence-electron chi connectivity index (χ1n) is 5.44. The van der Waals surface area contributed by atoms with Gasteiger partial charge in [0.25, 0.3) is 0 Å². The quantitative estimate of drug-likeness (QED) is 0.794. The number of benzene rings is 1. The number of aliphatic imine (C=N–C) groups is 1. The second-order valence-corrected chi connectivity index (χ2v) is 4.05. The third-order valence-corrected chi connectivity index (χ3v) is 2.63. The van der Waals surface area contributed by atoms with E-state index in [-0.39, 0.29) is 5.82 Å². The number of hydrogen-bond acceptors (Lipinski definition) is 3. The molecule has 0 spiro atoms. The average Bonchev–Trinajstić information content (AvgIpc) is 2.75. The zero-order valence-corrected chi connectivity index (χ0v) is 9.60. The largest absolute Gasteiger partial charge is 0.355 e. The smallest absolute Gasteiger partial charge is 0.191 e. The summed E-state index contributed by atoms with van der Waals surface area (Å²) >= 11 is 0. The number of halogens is 1. The minimum atomic E-state index is -0.111. The highest BCUT2D eigenvalue weighted by Crippen LogP contribution is 2.14. The number of nitrogens with zero attached hydrogens (tertiary/aromatic N) is 1. The van der Waals surface area contributed by atoms with Crippen molar-refractivity contribution in [3.63, 3.8) is 0 Å². The molecule has 0 amide bonds. The Hall–Kier alpha value is -1.58. The standard InChI is InChI=1S/C12H16FN3/c1-8-5-10(6-9(2)11(8)13)7-16-12-14-3-4-15-12/h5-6H,3-4,7H2,1-2H3,(H2,14,15,16). The summed E-state index contributed by atoms with van der Waals surface area (Å²) in [5.41, 5.74) is 2.46. The van der Waals surface area contributed by atoms with Crippen LogP contribution >= 0.6 is 0 Å². The number of hydrogen-bond donors (Lipinski definition) is 2. The van der Waals surface area contributed by atoms with Gasteiger partial charge in [0, 0.05) is 13.1 Å². The van der Waals surface area contributed by atoms with Gasteiger partial charge in [0.1, 0.15) is 5.82 Å². The van der Waals surface area contributed by atoms with E-state index in [0.29, 0.717) is 17.7 Å². The van der Waals surface area contributed by atoms with E-state index in [4.69, 9.17) is 0 Å². The number of nitrogens with one attached hydrogen (secondary N) is 2. The van der Waals surface area contributed by atoms with Gasteiger partial charge in [0.2, 0.25) is 0 Å². The minimum absolute atomic E-state index is 0.111. The molecule has 86 valence electrons. The molecule has 0 radical (unpaired) electrons. The molecule has 0 unspecified atom stereocenters. The van der Waals surface area contributed by atoms with Crippen molar-refractivity contribution < 1.29 is 4.39 Å². The molecule has 3 nitrogen and oxygen atoms in total. The van der Waals surface area contributed by atoms with E-state index < -0.39 is 0 Å². The summed E-state index contributed by atoms with van der Waals surface area (Å²) in [7, 11) is 0. The molecular formula is C12H16FN3. The Labute approximate surface area is 94.8 Å². The maximum atomic E-state index is 13.4. The molecule has 1 aromatic rings. The van der Waals surface area contributed by atoms with Crippen molar-refractivity contribution in [2.75, 3.05) is 13.1 Å². The van der Waals surface area contributed by atoms with Gasteiger partial charge in [-0.1, -0.05) is 12.1 Å². The van der Waals surface area contributed by atoms with Crippen LogP contribution in [-0.2, 0) is 6.54 Å². The summed E-state index contributed by atoms with van der Waals surface area (Å²) in [6, 6.07) is 3.73. The van der Waals surface area contributed by atoms with E-state index in [2.05, 4.69) is 15.6 Å². The Bertz CT molecular complexity index is 403. The molecule has 0 atom stereocenters. The van der Waals surface area contributed by atoms with E-state index in [1.165, 1.54) is 0 Å². The fourth-order valence-corrected chi connectivity index (χ4v) is 1.84. The first-order chi connectivity index (χ1) is 7.66. The summed E-state index contributed by atoms with van der Waals surface area (Å²) in [6.45, 7) is 5.97. The van der Waals surface area contributed by atoms with Gasteiger partial charge in [-0.15, -0.1) is 0 Å². The molecule has 1 heterocycles. The predicted octanol–water partition coefficient (Wildman–Crippen LogP) is 1.49. The lowest BCUT2D eigenvalue weighted by atomic mass is 10.1. The van der Waals surface area contributed by atoms with Gasteiger partial charge in [0.15, 0.2) is 5.96 Å². The molecule has 1 aromatic carbocycles. The molecule has 2 N–H and O–H groups in total. The highest BCUT2D eigenvalue weighted by Gasteiger charge is 2.06. The van der Waals surface area contributed by atoms with Gasteiger partial charge >= 0.3 is 0 Å². The maximum absolute atomic E-state index is 13.4. The first-order valence-corrected chi connectivity index (χ1v) is 5.44. The van der Waals surface area contributed by atoms with Crippen molar-refractivity contribution in [3.8, 4) is 0 Å². The topological polar surface area (TPSA) is 36.4 Å². The van der Waals surface area contributed by atoms with Gasteiger partial charge in [-0.3, -0.25) is 4.99 Å². The van der Waals surface area contributed by atoms with Crippen molar-refractivity contribution >= 4 is 5.96 Å². The van der Waals surface area contributed by atoms with E-state index in [1.807, 2.05) is 12.1 Å². The SMILES string of the molecule is Cc1cc(CNC2=NCCN2)cc(C)c1F. The highest BCUT2D eigenvalue weighted by molar-refractivity contribution is 5.81. The predicted molar refractivity (Wildman–Crippen MR) is 63.0 cm³/mol. The van der Waals surface area contributed by atoms with Crippen LogP contribution in [0.3, 0.4) is 0 Å². The highest BCUT2D eigenvalue weighted by atomic mass is 19.1. The van der Waals surface area contributed by atoms with E-state index >= 15 is 0 Å². The van der Waals surface area contributed by atoms with Gasteiger partial charge < -0.3 is 10.6 Å². The Morgan fingerprint density at radius 2 is 2.06 bits per heavy atom. The normalized spacial score (nSPS) is 14.6. The molecule has 0 bridgehead atoms. The summed E-state index contributed by atoms with van der Waals surface area (Å²) in [4.78, 5) is 4.23. The van der Waals surface area contributed by atoms with Crippen LogP contribution < -0.4 is 10.6 Å². The van der Waals surface area contributed by atoms with Crippen LogP contribution in [0.15, 0.2) is 17.1 Å². The monoisotopic (exact) mass is 221 g/mol. The molecule has 0 fully saturated rings. The van der Waals surface area contributed by atoms with Crippen LogP contribution in [0.25, 0.3) is 0 Å². The molecule has 0 saturated carbocycles. The van der Waals surface area contributed by atoms with Crippen molar-refractivity contribution in [1.82, 2.24) is 10.6 Å². The van der Waals surface area contributed by atoms with Crippen LogP contribution in [0, 0.1) is 19.7 Å². The molecule has 0 saturated heterocycles. The van der Waals surface area contributed by atoms with Gasteiger partial charge in [0.05, 0.1) is 6.54 Å². The zero-order valence-electron chi connectivity index (χ0n) is 9.60. The number of rotatable bonds is 2. The van der Waals surface area contributed by atoms with Gasteiger partial charge in [-0.2, -0.15) is 0 Å². The second kappa shape index (κ2) is 4.51. The Balaban J connectivity index is 2.04. The molecule has 2 rings (SSSR count). The Morgan fingerprint density at radius 3 is 2.62 bits per heavy atom. The van der Waals surface area contributed by atoms with Crippen molar-refractivity contribution in [1.29, 1.82) is 0 Å². The first kappa shape index (κ1) is 10.9. The molecular weight excluding hydrogens is 205 g/mol. The molecule has 4 heteroatoms.